The summed E-state index contributed by atoms with van der Waals surface area (Å²) in [6.07, 6.45) is 6.91. The number of carbonyl (C=O) groups excluding carboxylic acids is 1. The molecule has 0 radical (unpaired) electrons. The lowest BCUT2D eigenvalue weighted by Gasteiger charge is -2.26. The lowest BCUT2D eigenvalue weighted by molar-refractivity contribution is 0.0724. The van der Waals surface area contributed by atoms with Gasteiger partial charge in [-0.2, -0.15) is 0 Å². The van der Waals surface area contributed by atoms with E-state index in [4.69, 9.17) is 9.97 Å². The molecule has 2 aromatic carbocycles. The van der Waals surface area contributed by atoms with Gasteiger partial charge in [0.1, 0.15) is 0 Å². The lowest BCUT2D eigenvalue weighted by atomic mass is 10.0. The lowest BCUT2D eigenvalue weighted by Crippen LogP contribution is -2.35. The van der Waals surface area contributed by atoms with E-state index in [9.17, 15) is 4.79 Å². The van der Waals surface area contributed by atoms with E-state index in [2.05, 4.69) is 4.98 Å². The van der Waals surface area contributed by atoms with Gasteiger partial charge in [0.25, 0.3) is 5.91 Å². The monoisotopic (exact) mass is 394 g/mol. The van der Waals surface area contributed by atoms with Gasteiger partial charge in [0, 0.05) is 47.6 Å². The second-order valence-electron chi connectivity index (χ2n) is 7.59. The van der Waals surface area contributed by atoms with E-state index in [1.807, 2.05) is 71.8 Å². The second-order valence-corrected chi connectivity index (χ2v) is 7.59. The maximum Gasteiger partial charge on any atom is 0.253 e. The Kier molecular flexibility index (Phi) is 4.93. The third kappa shape index (κ3) is 3.54. The third-order valence-corrected chi connectivity index (χ3v) is 5.55. The zero-order chi connectivity index (χ0) is 20.3. The predicted octanol–water partition coefficient (Wildman–Crippen LogP) is 4.98. The molecule has 30 heavy (non-hydrogen) atoms. The highest BCUT2D eigenvalue weighted by atomic mass is 16.2. The minimum atomic E-state index is 0.0828. The van der Waals surface area contributed by atoms with Gasteiger partial charge in [-0.15, -0.1) is 0 Å². The van der Waals surface area contributed by atoms with Gasteiger partial charge in [0.2, 0.25) is 0 Å². The van der Waals surface area contributed by atoms with E-state index in [-0.39, 0.29) is 5.91 Å². The molecule has 0 aliphatic carbocycles. The molecule has 0 atom stereocenters. The Labute approximate surface area is 175 Å². The Morgan fingerprint density at radius 2 is 1.63 bits per heavy atom. The van der Waals surface area contributed by atoms with Crippen molar-refractivity contribution >= 4 is 16.8 Å². The number of hydrogen-bond donors (Lipinski definition) is 0. The molecular formula is C25H22N4O. The highest BCUT2D eigenvalue weighted by Gasteiger charge is 2.20. The number of carbonyl (C=O) groups is 1. The Hall–Kier alpha value is -3.60. The van der Waals surface area contributed by atoms with Crippen LogP contribution in [0.1, 0.15) is 29.6 Å². The standard InChI is InChI=1S/C25H22N4O/c30-25(29-14-5-2-6-15-29)19-11-12-21-22(16-19)27-24(18-8-3-1-4-9-18)28-23(21)20-10-7-13-26-17-20/h1,3-4,7-13,16-17H,2,5-6,14-15H2. The van der Waals surface area contributed by atoms with Gasteiger partial charge < -0.3 is 4.90 Å². The van der Waals surface area contributed by atoms with Crippen molar-refractivity contribution in [3.63, 3.8) is 0 Å². The number of aromatic nitrogens is 3. The zero-order valence-corrected chi connectivity index (χ0v) is 16.7. The predicted molar refractivity (Wildman–Crippen MR) is 118 cm³/mol. The van der Waals surface area contributed by atoms with Gasteiger partial charge in [-0.05, 0) is 49.6 Å². The number of amides is 1. The molecule has 5 rings (SSSR count). The summed E-state index contributed by atoms with van der Waals surface area (Å²) >= 11 is 0. The molecule has 1 fully saturated rings. The van der Waals surface area contributed by atoms with Crippen LogP contribution in [0.25, 0.3) is 33.5 Å². The summed E-state index contributed by atoms with van der Waals surface area (Å²) in [7, 11) is 0. The summed E-state index contributed by atoms with van der Waals surface area (Å²) in [6, 6.07) is 19.6. The number of likely N-dealkylation sites (tertiary alicyclic amines) is 1. The fourth-order valence-corrected chi connectivity index (χ4v) is 3.98. The molecule has 0 unspecified atom stereocenters. The Morgan fingerprint density at radius 3 is 2.40 bits per heavy atom. The molecule has 0 spiro atoms. The molecular weight excluding hydrogens is 372 g/mol. The van der Waals surface area contributed by atoms with Crippen LogP contribution in [0, 0.1) is 0 Å². The number of nitrogens with zero attached hydrogens (tertiary/aromatic N) is 4. The smallest absolute Gasteiger partial charge is 0.253 e. The van der Waals surface area contributed by atoms with Crippen LogP contribution in [-0.2, 0) is 0 Å². The van der Waals surface area contributed by atoms with Gasteiger partial charge in [-0.25, -0.2) is 9.97 Å². The third-order valence-electron chi connectivity index (χ3n) is 5.55. The first-order valence-corrected chi connectivity index (χ1v) is 10.4. The number of pyridine rings is 1. The average Bonchev–Trinajstić information content (AvgIpc) is 2.84. The van der Waals surface area contributed by atoms with Gasteiger partial charge in [-0.1, -0.05) is 30.3 Å². The number of piperidine rings is 1. The van der Waals surface area contributed by atoms with Crippen LogP contribution >= 0.6 is 0 Å². The highest BCUT2D eigenvalue weighted by Crippen LogP contribution is 2.29. The van der Waals surface area contributed by atoms with Crippen LogP contribution in [0.4, 0.5) is 0 Å². The first-order valence-electron chi connectivity index (χ1n) is 10.4. The number of hydrogen-bond acceptors (Lipinski definition) is 4. The summed E-state index contributed by atoms with van der Waals surface area (Å²) in [4.78, 5) is 28.9. The minimum Gasteiger partial charge on any atom is -0.339 e. The van der Waals surface area contributed by atoms with Crippen molar-refractivity contribution in [1.82, 2.24) is 19.9 Å². The van der Waals surface area contributed by atoms with E-state index in [0.29, 0.717) is 11.4 Å². The van der Waals surface area contributed by atoms with Crippen molar-refractivity contribution in [3.05, 3.63) is 78.6 Å². The maximum absolute atomic E-state index is 13.0. The first kappa shape index (κ1) is 18.4. The van der Waals surface area contributed by atoms with E-state index in [1.165, 1.54) is 6.42 Å². The fraction of sp³-hybridized carbons (Fsp3) is 0.200. The van der Waals surface area contributed by atoms with Crippen LogP contribution < -0.4 is 0 Å². The largest absolute Gasteiger partial charge is 0.339 e. The molecule has 2 aromatic heterocycles. The van der Waals surface area contributed by atoms with Gasteiger partial charge in [0.05, 0.1) is 11.2 Å². The van der Waals surface area contributed by atoms with Crippen LogP contribution in [0.2, 0.25) is 0 Å². The normalized spacial score (nSPS) is 14.1. The molecule has 5 heteroatoms. The summed E-state index contributed by atoms with van der Waals surface area (Å²) in [6.45, 7) is 1.66. The molecule has 1 aliphatic heterocycles. The number of rotatable bonds is 3. The summed E-state index contributed by atoms with van der Waals surface area (Å²) in [5.41, 5.74) is 4.14. The Morgan fingerprint density at radius 1 is 0.833 bits per heavy atom. The van der Waals surface area contributed by atoms with Crippen LogP contribution in [0.5, 0.6) is 0 Å². The summed E-state index contributed by atoms with van der Waals surface area (Å²) < 4.78 is 0. The second kappa shape index (κ2) is 8.03. The van der Waals surface area contributed by atoms with Crippen LogP contribution in [-0.4, -0.2) is 38.8 Å². The number of benzene rings is 2. The van der Waals surface area contributed by atoms with Crippen LogP contribution in [0.15, 0.2) is 73.1 Å². The van der Waals surface area contributed by atoms with E-state index in [1.54, 1.807) is 6.20 Å². The minimum absolute atomic E-state index is 0.0828. The van der Waals surface area contributed by atoms with Gasteiger partial charge >= 0.3 is 0 Å². The molecule has 1 aliphatic rings. The van der Waals surface area contributed by atoms with Crippen molar-refractivity contribution in [3.8, 4) is 22.6 Å². The van der Waals surface area contributed by atoms with Crippen LogP contribution in [0.3, 0.4) is 0 Å². The van der Waals surface area contributed by atoms with Crippen molar-refractivity contribution in [1.29, 1.82) is 0 Å². The molecule has 1 amide bonds. The van der Waals surface area contributed by atoms with Crippen molar-refractivity contribution in [2.75, 3.05) is 13.1 Å². The average molecular weight is 394 g/mol. The number of fused-ring (bicyclic) bond motifs is 1. The molecule has 1 saturated heterocycles. The molecule has 0 bridgehead atoms. The topological polar surface area (TPSA) is 59.0 Å². The first-order chi connectivity index (χ1) is 14.8. The molecule has 0 N–H and O–H groups in total. The molecule has 148 valence electrons. The quantitative estimate of drug-likeness (QED) is 0.491. The van der Waals surface area contributed by atoms with E-state index < -0.39 is 0 Å². The van der Waals surface area contributed by atoms with Gasteiger partial charge in [-0.3, -0.25) is 9.78 Å². The highest BCUT2D eigenvalue weighted by molar-refractivity contribution is 6.01. The van der Waals surface area contributed by atoms with E-state index >= 15 is 0 Å². The van der Waals surface area contributed by atoms with Crippen molar-refractivity contribution in [2.45, 2.75) is 19.3 Å². The Bertz CT molecular complexity index is 1190. The molecule has 3 heterocycles. The molecule has 5 nitrogen and oxygen atoms in total. The SMILES string of the molecule is O=C(c1ccc2c(-c3cccnc3)nc(-c3ccccc3)nc2c1)N1CCCCC1. The fourth-order valence-electron chi connectivity index (χ4n) is 3.98. The zero-order valence-electron chi connectivity index (χ0n) is 16.7. The van der Waals surface area contributed by atoms with E-state index in [0.717, 1.165) is 53.7 Å². The summed E-state index contributed by atoms with van der Waals surface area (Å²) in [5.74, 6) is 0.726. The summed E-state index contributed by atoms with van der Waals surface area (Å²) in [5, 5.41) is 0.915. The van der Waals surface area contributed by atoms with Gasteiger partial charge in [0.15, 0.2) is 5.82 Å². The molecule has 0 saturated carbocycles. The molecule has 4 aromatic rings. The van der Waals surface area contributed by atoms with Crippen molar-refractivity contribution < 1.29 is 4.79 Å². The van der Waals surface area contributed by atoms with Crippen molar-refractivity contribution in [2.24, 2.45) is 0 Å². The Balaban J connectivity index is 1.66. The maximum atomic E-state index is 13.0.